The molecular formula is C33H33FN8O3. The van der Waals surface area contributed by atoms with Gasteiger partial charge in [0.25, 0.3) is 0 Å². The number of anilines is 3. The molecule has 0 spiro atoms. The van der Waals surface area contributed by atoms with Crippen molar-refractivity contribution < 1.29 is 18.7 Å². The van der Waals surface area contributed by atoms with Gasteiger partial charge < -0.3 is 25.0 Å². The first-order chi connectivity index (χ1) is 21.8. The number of hydrogen-bond acceptors (Lipinski definition) is 9. The van der Waals surface area contributed by atoms with Crippen molar-refractivity contribution in [2.24, 2.45) is 0 Å². The molecule has 1 amide bonds. The van der Waals surface area contributed by atoms with E-state index in [-0.39, 0.29) is 17.6 Å². The Morgan fingerprint density at radius 2 is 1.89 bits per heavy atom. The maximum Gasteiger partial charge on any atom is 0.245 e. The normalized spacial score (nSPS) is 13.5. The number of ether oxygens (including phenoxy) is 2. The Labute approximate surface area is 259 Å². The largest absolute Gasteiger partial charge is 0.495 e. The van der Waals surface area contributed by atoms with E-state index in [0.717, 1.165) is 35.5 Å². The molecular weight excluding hydrogens is 575 g/mol. The van der Waals surface area contributed by atoms with Gasteiger partial charge in [-0.2, -0.15) is 0 Å². The first-order valence-electron chi connectivity index (χ1n) is 14.6. The third kappa shape index (κ3) is 6.40. The summed E-state index contributed by atoms with van der Waals surface area (Å²) in [4.78, 5) is 26.9. The lowest BCUT2D eigenvalue weighted by Crippen LogP contribution is -2.41. The molecule has 11 nitrogen and oxygen atoms in total. The summed E-state index contributed by atoms with van der Waals surface area (Å²) < 4.78 is 28.5. The molecule has 1 saturated heterocycles. The van der Waals surface area contributed by atoms with Crippen molar-refractivity contribution in [3.63, 3.8) is 0 Å². The van der Waals surface area contributed by atoms with Gasteiger partial charge in [-0.15, -0.1) is 5.10 Å². The molecule has 2 aromatic carbocycles. The van der Waals surface area contributed by atoms with Gasteiger partial charge in [0.2, 0.25) is 11.8 Å². The van der Waals surface area contributed by atoms with Gasteiger partial charge in [0.15, 0.2) is 0 Å². The van der Waals surface area contributed by atoms with Crippen molar-refractivity contribution in [3.8, 4) is 23.1 Å². The van der Waals surface area contributed by atoms with Gasteiger partial charge in [0.05, 0.1) is 35.9 Å². The van der Waals surface area contributed by atoms with E-state index in [9.17, 15) is 4.79 Å². The molecule has 45 heavy (non-hydrogen) atoms. The fraction of sp³-hybridized carbons (Fsp3) is 0.242. The van der Waals surface area contributed by atoms with Gasteiger partial charge in [0, 0.05) is 54.6 Å². The lowest BCUT2D eigenvalue weighted by Gasteiger charge is -2.32. The molecule has 1 aliphatic rings. The van der Waals surface area contributed by atoms with Crippen LogP contribution in [0.1, 0.15) is 24.1 Å². The molecule has 6 rings (SSSR count). The number of aromatic nitrogens is 5. The molecule has 230 valence electrons. The van der Waals surface area contributed by atoms with Gasteiger partial charge >= 0.3 is 0 Å². The number of aryl methyl sites for hydroxylation is 2. The maximum absolute atomic E-state index is 15.3. The number of methoxy groups -OCH3 is 1. The van der Waals surface area contributed by atoms with E-state index in [1.165, 1.54) is 18.5 Å². The molecule has 0 aliphatic carbocycles. The third-order valence-electron chi connectivity index (χ3n) is 7.87. The fourth-order valence-corrected chi connectivity index (χ4v) is 5.23. The fourth-order valence-electron chi connectivity index (χ4n) is 5.23. The smallest absolute Gasteiger partial charge is 0.245 e. The number of nitrogens with one attached hydrogen (secondary N) is 2. The number of likely N-dealkylation sites (tertiary alicyclic amines) is 1. The number of hydrogen-bond donors (Lipinski definition) is 2. The topological polar surface area (TPSA) is 119 Å². The maximum atomic E-state index is 15.3. The first kappa shape index (κ1) is 29.5. The third-order valence-corrected chi connectivity index (χ3v) is 7.87. The van der Waals surface area contributed by atoms with Crippen molar-refractivity contribution in [1.29, 1.82) is 0 Å². The Hall–Kier alpha value is -5.52. The number of piperidine rings is 1. The molecule has 12 heteroatoms. The minimum atomic E-state index is -0.523. The molecule has 3 aromatic heterocycles. The number of carbonyl (C=O) groups is 1. The number of benzene rings is 2. The molecule has 0 radical (unpaired) electrons. The molecule has 0 saturated carbocycles. The van der Waals surface area contributed by atoms with Crippen molar-refractivity contribution in [1.82, 2.24) is 29.6 Å². The van der Waals surface area contributed by atoms with Crippen molar-refractivity contribution >= 4 is 34.0 Å². The molecule has 0 unspecified atom stereocenters. The number of carbonyl (C=O) groups excluding carboxylic acids is 1. The van der Waals surface area contributed by atoms with Crippen LogP contribution in [0.3, 0.4) is 0 Å². The highest BCUT2D eigenvalue weighted by atomic mass is 19.1. The van der Waals surface area contributed by atoms with Crippen LogP contribution >= 0.6 is 0 Å². The van der Waals surface area contributed by atoms with Crippen LogP contribution in [-0.4, -0.2) is 61.8 Å². The summed E-state index contributed by atoms with van der Waals surface area (Å²) in [6, 6.07) is 12.1. The Kier molecular flexibility index (Phi) is 8.28. The molecule has 1 fully saturated rings. The van der Waals surface area contributed by atoms with Crippen molar-refractivity contribution in [2.45, 2.75) is 32.7 Å². The first-order valence-corrected chi connectivity index (χ1v) is 14.6. The summed E-state index contributed by atoms with van der Waals surface area (Å²) in [5.41, 5.74) is 4.43. The second-order valence-corrected chi connectivity index (χ2v) is 10.8. The van der Waals surface area contributed by atoms with Crippen LogP contribution in [0.15, 0.2) is 73.8 Å². The van der Waals surface area contributed by atoms with E-state index in [4.69, 9.17) is 9.47 Å². The Morgan fingerprint density at radius 1 is 1.07 bits per heavy atom. The Balaban J connectivity index is 1.18. The molecule has 5 aromatic rings. The number of fused-ring (bicyclic) bond motifs is 1. The summed E-state index contributed by atoms with van der Waals surface area (Å²) in [5.74, 6) is 1.10. The Bertz CT molecular complexity index is 1880. The zero-order valence-electron chi connectivity index (χ0n) is 25.2. The zero-order chi connectivity index (χ0) is 31.5. The average molecular weight is 609 g/mol. The van der Waals surface area contributed by atoms with Gasteiger partial charge in [-0.25, -0.2) is 19.0 Å². The van der Waals surface area contributed by atoms with Crippen LogP contribution in [0.2, 0.25) is 0 Å². The van der Waals surface area contributed by atoms with Crippen molar-refractivity contribution in [3.05, 3.63) is 90.9 Å². The summed E-state index contributed by atoms with van der Waals surface area (Å²) in [6.45, 7) is 8.79. The van der Waals surface area contributed by atoms with Gasteiger partial charge in [-0.05, 0) is 62.6 Å². The summed E-state index contributed by atoms with van der Waals surface area (Å²) in [5, 5.41) is 11.8. The molecule has 0 bridgehead atoms. The average Bonchev–Trinajstić information content (AvgIpc) is 3.52. The van der Waals surface area contributed by atoms with E-state index >= 15 is 4.39 Å². The van der Waals surface area contributed by atoms with Crippen LogP contribution in [0.5, 0.6) is 17.4 Å². The molecule has 2 N–H and O–H groups in total. The predicted molar refractivity (Wildman–Crippen MR) is 170 cm³/mol. The van der Waals surface area contributed by atoms with Crippen LogP contribution in [0.4, 0.5) is 21.6 Å². The van der Waals surface area contributed by atoms with Crippen LogP contribution in [-0.2, 0) is 4.79 Å². The van der Waals surface area contributed by atoms with Crippen LogP contribution in [0, 0.1) is 19.7 Å². The van der Waals surface area contributed by atoms with E-state index in [0.29, 0.717) is 47.2 Å². The zero-order valence-corrected chi connectivity index (χ0v) is 25.2. The predicted octanol–water partition coefficient (Wildman–Crippen LogP) is 6.10. The van der Waals surface area contributed by atoms with Gasteiger partial charge in [-0.1, -0.05) is 6.58 Å². The minimum absolute atomic E-state index is 0.0573. The van der Waals surface area contributed by atoms with E-state index in [1.54, 1.807) is 47.3 Å². The second kappa shape index (κ2) is 12.6. The molecule has 1 aliphatic heterocycles. The standard InChI is InChI=1S/C33H33FN8O3/c1-5-32(43)41-11-8-22(9-12-41)38-29-16-25-28(17-30(29)44-4)36-19-37-33(25)39-27-7-6-24(15-26(27)34)45-31-10-13-42(40-31)23-14-20(2)21(3)35-18-23/h5-7,10,13-19,22,38H,1,8-9,11-12H2,2-4H3,(H,36,37,39). The summed E-state index contributed by atoms with van der Waals surface area (Å²) in [7, 11) is 1.60. The minimum Gasteiger partial charge on any atom is -0.495 e. The number of pyridine rings is 1. The number of rotatable bonds is 9. The SMILES string of the molecule is C=CC(=O)N1CCC(Nc2cc3c(Nc4ccc(Oc5ccn(-c6cnc(C)c(C)c6)n5)cc4F)ncnc3cc2OC)CC1. The molecule has 4 heterocycles. The highest BCUT2D eigenvalue weighted by Crippen LogP contribution is 2.35. The highest BCUT2D eigenvalue weighted by molar-refractivity contribution is 5.95. The summed E-state index contributed by atoms with van der Waals surface area (Å²) in [6.07, 6.45) is 7.82. The molecule has 0 atom stereocenters. The lowest BCUT2D eigenvalue weighted by atomic mass is 10.0. The van der Waals surface area contributed by atoms with Crippen LogP contribution in [0.25, 0.3) is 16.6 Å². The summed E-state index contributed by atoms with van der Waals surface area (Å²) >= 11 is 0. The lowest BCUT2D eigenvalue weighted by molar-refractivity contribution is -0.126. The quantitative estimate of drug-likeness (QED) is 0.191. The Morgan fingerprint density at radius 3 is 2.62 bits per heavy atom. The van der Waals surface area contributed by atoms with Gasteiger partial charge in [-0.3, -0.25) is 9.78 Å². The monoisotopic (exact) mass is 608 g/mol. The number of halogens is 1. The highest BCUT2D eigenvalue weighted by Gasteiger charge is 2.23. The van der Waals surface area contributed by atoms with Crippen molar-refractivity contribution in [2.75, 3.05) is 30.8 Å². The van der Waals surface area contributed by atoms with E-state index in [1.807, 2.05) is 32.0 Å². The number of nitrogens with zero attached hydrogens (tertiary/aromatic N) is 6. The van der Waals surface area contributed by atoms with Gasteiger partial charge in [0.1, 0.15) is 29.5 Å². The van der Waals surface area contributed by atoms with Crippen LogP contribution < -0.4 is 20.1 Å². The number of amides is 1. The van der Waals surface area contributed by atoms with E-state index < -0.39 is 5.82 Å². The second-order valence-electron chi connectivity index (χ2n) is 10.8. The van der Waals surface area contributed by atoms with E-state index in [2.05, 4.69) is 37.3 Å².